The van der Waals surface area contributed by atoms with E-state index in [2.05, 4.69) is 0 Å². The van der Waals surface area contributed by atoms with Crippen LogP contribution in [-0.2, 0) is 0 Å². The van der Waals surface area contributed by atoms with E-state index in [9.17, 15) is 15.2 Å². The van der Waals surface area contributed by atoms with Gasteiger partial charge in [0.05, 0.1) is 18.1 Å². The highest BCUT2D eigenvalue weighted by atomic mass is 16.6. The molecule has 0 radical (unpaired) electrons. The third kappa shape index (κ3) is 2.68. The minimum atomic E-state index is -0.722. The van der Waals surface area contributed by atoms with Crippen molar-refractivity contribution in [2.24, 2.45) is 5.73 Å². The molecule has 0 saturated carbocycles. The van der Waals surface area contributed by atoms with Crippen LogP contribution in [0.3, 0.4) is 0 Å². The Morgan fingerprint density at radius 2 is 2.31 bits per heavy atom. The smallest absolute Gasteiger partial charge is 0.310 e. The van der Waals surface area contributed by atoms with Crippen molar-refractivity contribution in [2.75, 3.05) is 13.7 Å². The Hall–Kier alpha value is -1.66. The molecular weight excluding hydrogens is 212 g/mol. The van der Waals surface area contributed by atoms with Crippen molar-refractivity contribution >= 4 is 5.69 Å². The number of nitrogens with two attached hydrogens (primary N) is 1. The van der Waals surface area contributed by atoms with Gasteiger partial charge in [0.15, 0.2) is 5.75 Å². The van der Waals surface area contributed by atoms with E-state index in [0.29, 0.717) is 18.5 Å². The Labute approximate surface area is 92.8 Å². The first-order valence-electron chi connectivity index (χ1n) is 4.80. The average Bonchev–Trinajstić information content (AvgIpc) is 2.28. The molecule has 1 aromatic rings. The van der Waals surface area contributed by atoms with Crippen LogP contribution in [0.25, 0.3) is 0 Å². The van der Waals surface area contributed by atoms with Gasteiger partial charge in [-0.25, -0.2) is 0 Å². The van der Waals surface area contributed by atoms with Gasteiger partial charge in [-0.05, 0) is 30.7 Å². The first kappa shape index (κ1) is 12.4. The third-order valence-corrected chi connectivity index (χ3v) is 2.23. The van der Waals surface area contributed by atoms with Crippen LogP contribution < -0.4 is 10.5 Å². The fraction of sp³-hybridized carbons (Fsp3) is 0.400. The van der Waals surface area contributed by atoms with Gasteiger partial charge in [-0.15, -0.1) is 0 Å². The van der Waals surface area contributed by atoms with Crippen LogP contribution in [0.4, 0.5) is 5.69 Å². The third-order valence-electron chi connectivity index (χ3n) is 2.23. The van der Waals surface area contributed by atoms with Crippen molar-refractivity contribution in [3.05, 3.63) is 33.9 Å². The number of methoxy groups -OCH3 is 1. The summed E-state index contributed by atoms with van der Waals surface area (Å²) in [6.07, 6.45) is -0.319. The normalized spacial score (nSPS) is 12.2. The van der Waals surface area contributed by atoms with Gasteiger partial charge in [-0.1, -0.05) is 0 Å². The zero-order chi connectivity index (χ0) is 12.1. The molecule has 88 valence electrons. The molecule has 1 atom stereocenters. The number of rotatable bonds is 5. The SMILES string of the molecule is COc1cc(C(O)CCN)ccc1[N+](=O)[O-]. The lowest BCUT2D eigenvalue weighted by Crippen LogP contribution is -2.07. The van der Waals surface area contributed by atoms with E-state index in [0.717, 1.165) is 0 Å². The maximum atomic E-state index is 10.6. The van der Waals surface area contributed by atoms with Crippen LogP contribution in [-0.4, -0.2) is 23.7 Å². The fourth-order valence-electron chi connectivity index (χ4n) is 1.38. The number of nitrogens with zero attached hydrogens (tertiary/aromatic N) is 1. The van der Waals surface area contributed by atoms with E-state index in [1.807, 2.05) is 0 Å². The molecule has 0 saturated heterocycles. The summed E-state index contributed by atoms with van der Waals surface area (Å²) in [5, 5.41) is 20.3. The number of hydrogen-bond donors (Lipinski definition) is 2. The van der Waals surface area contributed by atoms with Crippen molar-refractivity contribution < 1.29 is 14.8 Å². The predicted octanol–water partition coefficient (Wildman–Crippen LogP) is 0.986. The Balaban J connectivity index is 3.03. The van der Waals surface area contributed by atoms with Gasteiger partial charge >= 0.3 is 5.69 Å². The molecule has 3 N–H and O–H groups in total. The number of benzene rings is 1. The molecule has 6 nitrogen and oxygen atoms in total. The number of aliphatic hydroxyl groups excluding tert-OH is 1. The standard InChI is InChI=1S/C10H14N2O4/c1-16-10-6-7(9(13)4-5-11)2-3-8(10)12(14)15/h2-3,6,9,13H,4-5,11H2,1H3. The summed E-state index contributed by atoms with van der Waals surface area (Å²) in [6, 6.07) is 4.27. The second-order valence-corrected chi connectivity index (χ2v) is 3.28. The van der Waals surface area contributed by atoms with E-state index in [4.69, 9.17) is 10.5 Å². The van der Waals surface area contributed by atoms with Crippen molar-refractivity contribution in [1.82, 2.24) is 0 Å². The average molecular weight is 226 g/mol. The highest BCUT2D eigenvalue weighted by Crippen LogP contribution is 2.30. The van der Waals surface area contributed by atoms with E-state index in [1.165, 1.54) is 25.3 Å². The molecule has 0 aromatic heterocycles. The summed E-state index contributed by atoms with van der Waals surface area (Å²) in [7, 11) is 1.35. The van der Waals surface area contributed by atoms with Gasteiger partial charge in [0, 0.05) is 6.07 Å². The number of hydrogen-bond acceptors (Lipinski definition) is 5. The van der Waals surface area contributed by atoms with Crippen LogP contribution in [0.2, 0.25) is 0 Å². The first-order valence-corrected chi connectivity index (χ1v) is 4.80. The van der Waals surface area contributed by atoms with Crippen LogP contribution in [0.1, 0.15) is 18.1 Å². The second kappa shape index (κ2) is 5.43. The summed E-state index contributed by atoms with van der Waals surface area (Å²) >= 11 is 0. The van der Waals surface area contributed by atoms with Crippen molar-refractivity contribution in [3.8, 4) is 5.75 Å². The molecule has 1 rings (SSSR count). The molecule has 1 unspecified atom stereocenters. The fourth-order valence-corrected chi connectivity index (χ4v) is 1.38. The van der Waals surface area contributed by atoms with Crippen molar-refractivity contribution in [1.29, 1.82) is 0 Å². The zero-order valence-corrected chi connectivity index (χ0v) is 8.92. The molecule has 6 heteroatoms. The molecule has 0 amide bonds. The summed E-state index contributed by atoms with van der Waals surface area (Å²) in [4.78, 5) is 10.1. The first-order chi connectivity index (χ1) is 7.60. The molecule has 0 bridgehead atoms. The maximum absolute atomic E-state index is 10.6. The maximum Gasteiger partial charge on any atom is 0.310 e. The number of aliphatic hydroxyl groups is 1. The molecule has 0 aliphatic rings. The summed E-state index contributed by atoms with van der Waals surface area (Å²) in [5.41, 5.74) is 5.76. The van der Waals surface area contributed by atoms with Gasteiger partial charge in [-0.2, -0.15) is 0 Å². The van der Waals surface area contributed by atoms with Crippen LogP contribution >= 0.6 is 0 Å². The van der Waals surface area contributed by atoms with Crippen LogP contribution in [0, 0.1) is 10.1 Å². The van der Waals surface area contributed by atoms with Gasteiger partial charge in [-0.3, -0.25) is 10.1 Å². The Morgan fingerprint density at radius 1 is 1.62 bits per heavy atom. The van der Waals surface area contributed by atoms with E-state index in [1.54, 1.807) is 0 Å². The largest absolute Gasteiger partial charge is 0.490 e. The number of nitro groups is 1. The molecule has 0 aliphatic carbocycles. The monoisotopic (exact) mass is 226 g/mol. The molecule has 0 aliphatic heterocycles. The minimum absolute atomic E-state index is 0.119. The second-order valence-electron chi connectivity index (χ2n) is 3.28. The van der Waals surface area contributed by atoms with Gasteiger partial charge in [0.1, 0.15) is 0 Å². The Kier molecular flexibility index (Phi) is 4.21. The Bertz CT molecular complexity index is 381. The predicted molar refractivity (Wildman–Crippen MR) is 58.3 cm³/mol. The number of ether oxygens (including phenoxy) is 1. The highest BCUT2D eigenvalue weighted by molar-refractivity contribution is 5.48. The minimum Gasteiger partial charge on any atom is -0.490 e. The molecule has 0 fully saturated rings. The van der Waals surface area contributed by atoms with Crippen molar-refractivity contribution in [3.63, 3.8) is 0 Å². The zero-order valence-electron chi connectivity index (χ0n) is 8.92. The quantitative estimate of drug-likeness (QED) is 0.576. The van der Waals surface area contributed by atoms with E-state index in [-0.39, 0.29) is 11.4 Å². The molecular formula is C10H14N2O4. The summed E-state index contributed by atoms with van der Waals surface area (Å²) in [6.45, 7) is 0.348. The topological polar surface area (TPSA) is 98.6 Å². The molecule has 0 spiro atoms. The van der Waals surface area contributed by atoms with Gasteiger partial charge in [0.25, 0.3) is 0 Å². The van der Waals surface area contributed by atoms with Gasteiger partial charge in [0.2, 0.25) is 0 Å². The lowest BCUT2D eigenvalue weighted by atomic mass is 10.1. The van der Waals surface area contributed by atoms with E-state index < -0.39 is 11.0 Å². The highest BCUT2D eigenvalue weighted by Gasteiger charge is 2.17. The van der Waals surface area contributed by atoms with Crippen molar-refractivity contribution in [2.45, 2.75) is 12.5 Å². The van der Waals surface area contributed by atoms with Crippen LogP contribution in [0.15, 0.2) is 18.2 Å². The molecule has 1 aromatic carbocycles. The van der Waals surface area contributed by atoms with Crippen LogP contribution in [0.5, 0.6) is 5.75 Å². The Morgan fingerprint density at radius 3 is 2.81 bits per heavy atom. The van der Waals surface area contributed by atoms with Gasteiger partial charge < -0.3 is 15.6 Å². The molecule has 16 heavy (non-hydrogen) atoms. The number of nitro benzene ring substituents is 1. The molecule has 0 heterocycles. The summed E-state index contributed by atoms with van der Waals surface area (Å²) < 4.78 is 4.89. The van der Waals surface area contributed by atoms with E-state index >= 15 is 0 Å². The lowest BCUT2D eigenvalue weighted by molar-refractivity contribution is -0.385. The lowest BCUT2D eigenvalue weighted by Gasteiger charge is -2.10. The summed E-state index contributed by atoms with van der Waals surface area (Å²) in [5.74, 6) is 0.138.